The first-order chi connectivity index (χ1) is 22.1. The number of aliphatic carboxylic acids is 1. The van der Waals surface area contributed by atoms with E-state index in [1.165, 1.54) is 11.8 Å². The van der Waals surface area contributed by atoms with Crippen molar-refractivity contribution >= 4 is 63.2 Å². The van der Waals surface area contributed by atoms with Gasteiger partial charge in [0.2, 0.25) is 23.6 Å². The van der Waals surface area contributed by atoms with E-state index in [0.717, 1.165) is 27.4 Å². The van der Waals surface area contributed by atoms with Gasteiger partial charge in [0.25, 0.3) is 0 Å². The number of benzene rings is 2. The van der Waals surface area contributed by atoms with E-state index in [0.29, 0.717) is 11.3 Å². The first-order valence-electron chi connectivity index (χ1n) is 14.8. The molecule has 10 N–H and O–H groups in total. The summed E-state index contributed by atoms with van der Waals surface area (Å²) in [4.78, 5) is 70.0. The van der Waals surface area contributed by atoms with Crippen LogP contribution in [0.15, 0.2) is 60.9 Å². The van der Waals surface area contributed by atoms with Crippen LogP contribution < -0.4 is 27.4 Å². The summed E-state index contributed by atoms with van der Waals surface area (Å²) in [7, 11) is 0. The van der Waals surface area contributed by atoms with Crippen molar-refractivity contribution in [2.45, 2.75) is 56.3 Å². The lowest BCUT2D eigenvalue weighted by atomic mass is 10.0. The summed E-state index contributed by atoms with van der Waals surface area (Å²) in [6, 6.07) is 10.3. The lowest BCUT2D eigenvalue weighted by Gasteiger charge is -2.25. The average molecular weight is 650 g/mol. The number of aromatic amines is 2. The van der Waals surface area contributed by atoms with E-state index in [4.69, 9.17) is 11.5 Å². The maximum Gasteiger partial charge on any atom is 0.326 e. The molecular formula is C32H39N7O6S. The largest absolute Gasteiger partial charge is 0.480 e. The van der Waals surface area contributed by atoms with Crippen molar-refractivity contribution in [3.8, 4) is 0 Å². The number of hydrogen-bond acceptors (Lipinski definition) is 7. The molecule has 0 aliphatic carbocycles. The minimum Gasteiger partial charge on any atom is -0.480 e. The molecule has 2 aromatic heterocycles. The third-order valence-electron chi connectivity index (χ3n) is 7.73. The average Bonchev–Trinajstić information content (AvgIpc) is 3.64. The Bertz CT molecular complexity index is 1700. The van der Waals surface area contributed by atoms with E-state index in [9.17, 15) is 29.1 Å². The van der Waals surface area contributed by atoms with E-state index < -0.39 is 53.8 Å². The molecule has 0 saturated carbocycles. The molecule has 46 heavy (non-hydrogen) atoms. The van der Waals surface area contributed by atoms with Crippen LogP contribution in [0.5, 0.6) is 0 Å². The van der Waals surface area contributed by atoms with Crippen molar-refractivity contribution in [3.05, 3.63) is 72.1 Å². The standard InChI is InChI=1S/C32H39N7O6S/c1-46-13-12-25(37-29(41)22(33)10-11-28(34)40)30(42)38-26(14-18-16-35-23-8-4-2-6-20(18)23)31(43)39-27(32(44)45)15-19-17-36-24-9-5-3-7-21(19)24/h2-9,16-17,22,25-27,35-36H,10-15,33H2,1H3,(H2,34,40)(H,37,41)(H,38,42)(H,39,43)(H,44,45). The highest BCUT2D eigenvalue weighted by Crippen LogP contribution is 2.21. The summed E-state index contributed by atoms with van der Waals surface area (Å²) >= 11 is 1.47. The van der Waals surface area contributed by atoms with Gasteiger partial charge in [-0.05, 0) is 48.1 Å². The van der Waals surface area contributed by atoms with Gasteiger partial charge >= 0.3 is 5.97 Å². The van der Waals surface area contributed by atoms with Gasteiger partial charge in [-0.15, -0.1) is 0 Å². The molecule has 2 aromatic carbocycles. The van der Waals surface area contributed by atoms with Gasteiger partial charge in [-0.25, -0.2) is 4.79 Å². The Morgan fingerprint density at radius 1 is 0.761 bits per heavy atom. The number of carbonyl (C=O) groups excluding carboxylic acids is 4. The fourth-order valence-electron chi connectivity index (χ4n) is 5.21. The number of carboxylic acid groups (broad SMARTS) is 1. The molecule has 0 aliphatic rings. The first-order valence-corrected chi connectivity index (χ1v) is 16.2. The molecule has 244 valence electrons. The zero-order valence-corrected chi connectivity index (χ0v) is 26.2. The number of thioether (sulfide) groups is 1. The Morgan fingerprint density at radius 2 is 1.26 bits per heavy atom. The van der Waals surface area contributed by atoms with Crippen LogP contribution in [0.25, 0.3) is 21.8 Å². The maximum atomic E-state index is 13.8. The fourth-order valence-corrected chi connectivity index (χ4v) is 5.68. The number of rotatable bonds is 17. The molecule has 2 heterocycles. The summed E-state index contributed by atoms with van der Waals surface area (Å²) in [5, 5.41) is 19.8. The van der Waals surface area contributed by atoms with Gasteiger partial charge in [-0.3, -0.25) is 19.2 Å². The van der Waals surface area contributed by atoms with Gasteiger partial charge in [0.1, 0.15) is 18.1 Å². The van der Waals surface area contributed by atoms with Crippen LogP contribution in [-0.2, 0) is 36.8 Å². The van der Waals surface area contributed by atoms with E-state index >= 15 is 0 Å². The summed E-state index contributed by atoms with van der Waals surface area (Å²) in [6.45, 7) is 0. The first kappa shape index (κ1) is 34.1. The van der Waals surface area contributed by atoms with Gasteiger partial charge in [0.15, 0.2) is 0 Å². The fraction of sp³-hybridized carbons (Fsp3) is 0.344. The molecule has 13 nitrogen and oxygen atoms in total. The predicted molar refractivity (Wildman–Crippen MR) is 177 cm³/mol. The zero-order valence-electron chi connectivity index (χ0n) is 25.4. The second-order valence-electron chi connectivity index (χ2n) is 11.0. The van der Waals surface area contributed by atoms with Crippen molar-refractivity contribution in [1.82, 2.24) is 25.9 Å². The second kappa shape index (κ2) is 16.0. The number of nitrogens with two attached hydrogens (primary N) is 2. The normalized spacial score (nSPS) is 13.9. The monoisotopic (exact) mass is 649 g/mol. The van der Waals surface area contributed by atoms with Gasteiger partial charge in [0.05, 0.1) is 6.04 Å². The van der Waals surface area contributed by atoms with Crippen LogP contribution in [-0.4, -0.2) is 80.8 Å². The van der Waals surface area contributed by atoms with Crippen LogP contribution in [0, 0.1) is 0 Å². The minimum atomic E-state index is -1.29. The number of amides is 4. The Kier molecular flexibility index (Phi) is 11.8. The summed E-state index contributed by atoms with van der Waals surface area (Å²) in [5.41, 5.74) is 14.2. The number of nitrogens with one attached hydrogen (secondary N) is 5. The Morgan fingerprint density at radius 3 is 1.80 bits per heavy atom. The zero-order chi connectivity index (χ0) is 33.2. The molecule has 4 amide bonds. The van der Waals surface area contributed by atoms with E-state index in [1.54, 1.807) is 12.4 Å². The maximum absolute atomic E-state index is 13.8. The molecule has 0 radical (unpaired) electrons. The predicted octanol–water partition coefficient (Wildman–Crippen LogP) is 1.32. The quantitative estimate of drug-likeness (QED) is 0.0830. The van der Waals surface area contributed by atoms with Gasteiger partial charge in [-0.2, -0.15) is 11.8 Å². The number of carboxylic acids is 1. The molecule has 0 bridgehead atoms. The molecule has 4 rings (SSSR count). The molecule has 14 heteroatoms. The third kappa shape index (κ3) is 8.88. The van der Waals surface area contributed by atoms with E-state index in [2.05, 4.69) is 25.9 Å². The number of H-pyrrole nitrogens is 2. The molecule has 4 unspecified atom stereocenters. The Hall–Kier alpha value is -4.82. The van der Waals surface area contributed by atoms with Gasteiger partial charge in [0, 0.05) is 53.5 Å². The summed E-state index contributed by atoms with van der Waals surface area (Å²) < 4.78 is 0. The highest BCUT2D eigenvalue weighted by molar-refractivity contribution is 7.98. The number of aromatic nitrogens is 2. The summed E-state index contributed by atoms with van der Waals surface area (Å²) in [5.74, 6) is -3.28. The number of hydrogen-bond donors (Lipinski definition) is 8. The highest BCUT2D eigenvalue weighted by Gasteiger charge is 2.31. The second-order valence-corrected chi connectivity index (χ2v) is 12.0. The molecule has 4 aromatic rings. The number of fused-ring (bicyclic) bond motifs is 2. The third-order valence-corrected chi connectivity index (χ3v) is 8.37. The van der Waals surface area contributed by atoms with Crippen molar-refractivity contribution < 1.29 is 29.1 Å². The van der Waals surface area contributed by atoms with E-state index in [1.807, 2.05) is 54.8 Å². The number of para-hydroxylation sites is 2. The van der Waals surface area contributed by atoms with Crippen molar-refractivity contribution in [2.24, 2.45) is 11.5 Å². The lowest BCUT2D eigenvalue weighted by Crippen LogP contribution is -2.58. The SMILES string of the molecule is CSCCC(NC(=O)C(N)CCC(N)=O)C(=O)NC(Cc1c[nH]c2ccccc12)C(=O)NC(Cc1c[nH]c2ccccc12)C(=O)O. The highest BCUT2D eigenvalue weighted by atomic mass is 32.2. The summed E-state index contributed by atoms with van der Waals surface area (Å²) in [6.07, 6.45) is 5.51. The minimum absolute atomic E-state index is 0.00837. The molecule has 0 fully saturated rings. The van der Waals surface area contributed by atoms with Crippen LogP contribution in [0.3, 0.4) is 0 Å². The van der Waals surface area contributed by atoms with Crippen LogP contribution in [0.2, 0.25) is 0 Å². The lowest BCUT2D eigenvalue weighted by molar-refractivity contribution is -0.142. The smallest absolute Gasteiger partial charge is 0.326 e. The van der Waals surface area contributed by atoms with Crippen LogP contribution in [0.1, 0.15) is 30.4 Å². The molecule has 0 aliphatic heterocycles. The van der Waals surface area contributed by atoms with Gasteiger partial charge < -0.3 is 42.5 Å². The van der Waals surface area contributed by atoms with E-state index in [-0.39, 0.29) is 32.1 Å². The Balaban J connectivity index is 1.56. The molecule has 4 atom stereocenters. The number of carbonyl (C=O) groups is 5. The molecular weight excluding hydrogens is 610 g/mol. The number of primary amides is 1. The van der Waals surface area contributed by atoms with Gasteiger partial charge in [-0.1, -0.05) is 36.4 Å². The molecule has 0 spiro atoms. The van der Waals surface area contributed by atoms with Crippen molar-refractivity contribution in [2.75, 3.05) is 12.0 Å². The molecule has 0 saturated heterocycles. The Labute approximate surface area is 269 Å². The van der Waals surface area contributed by atoms with Crippen molar-refractivity contribution in [1.29, 1.82) is 0 Å². The topological polar surface area (TPSA) is 225 Å². The van der Waals surface area contributed by atoms with Crippen LogP contribution in [0.4, 0.5) is 0 Å². The van der Waals surface area contributed by atoms with Crippen LogP contribution >= 0.6 is 11.8 Å². The van der Waals surface area contributed by atoms with Crippen molar-refractivity contribution in [3.63, 3.8) is 0 Å².